The standard InChI is InChI=1S/C11H18FN3/c1-3-5-11(12,7-13)9-8(2)4-6-15-10(9)14/h4,6H,3,5,7,13H2,1-2H3,(H2,14,15). The van der Waals surface area contributed by atoms with E-state index < -0.39 is 5.67 Å². The molecule has 1 rings (SSSR count). The van der Waals surface area contributed by atoms with Crippen LogP contribution < -0.4 is 11.5 Å². The number of hydrogen-bond donors (Lipinski definition) is 2. The van der Waals surface area contributed by atoms with Crippen molar-refractivity contribution in [3.05, 3.63) is 23.4 Å². The van der Waals surface area contributed by atoms with Crippen molar-refractivity contribution in [3.8, 4) is 0 Å². The molecule has 1 heterocycles. The second-order valence-electron chi connectivity index (χ2n) is 3.81. The lowest BCUT2D eigenvalue weighted by Gasteiger charge is -2.26. The van der Waals surface area contributed by atoms with Crippen LogP contribution >= 0.6 is 0 Å². The molecule has 4 heteroatoms. The molecule has 0 aliphatic heterocycles. The fraction of sp³-hybridized carbons (Fsp3) is 0.545. The third-order valence-corrected chi connectivity index (χ3v) is 2.61. The normalized spacial score (nSPS) is 14.9. The highest BCUT2D eigenvalue weighted by atomic mass is 19.1. The number of aryl methyl sites for hydroxylation is 1. The van der Waals surface area contributed by atoms with Crippen molar-refractivity contribution in [1.82, 2.24) is 4.98 Å². The quantitative estimate of drug-likeness (QED) is 0.799. The lowest BCUT2D eigenvalue weighted by molar-refractivity contribution is 0.159. The Bertz CT molecular complexity index is 320. The first-order valence-corrected chi connectivity index (χ1v) is 5.15. The second kappa shape index (κ2) is 4.57. The second-order valence-corrected chi connectivity index (χ2v) is 3.81. The number of rotatable bonds is 4. The van der Waals surface area contributed by atoms with Crippen LogP contribution in [0.25, 0.3) is 0 Å². The van der Waals surface area contributed by atoms with Crippen molar-refractivity contribution in [2.24, 2.45) is 5.73 Å². The van der Waals surface area contributed by atoms with Crippen LogP contribution in [0.5, 0.6) is 0 Å². The van der Waals surface area contributed by atoms with Gasteiger partial charge in [0.25, 0.3) is 0 Å². The van der Waals surface area contributed by atoms with Crippen molar-refractivity contribution < 1.29 is 4.39 Å². The van der Waals surface area contributed by atoms with E-state index in [4.69, 9.17) is 11.5 Å². The molecule has 0 saturated carbocycles. The Hall–Kier alpha value is -1.16. The molecule has 0 aromatic carbocycles. The molecule has 4 N–H and O–H groups in total. The predicted octanol–water partition coefficient (Wildman–Crippen LogP) is 1.90. The Labute approximate surface area is 89.7 Å². The first kappa shape index (κ1) is 11.9. The average Bonchev–Trinajstić information content (AvgIpc) is 2.18. The fourth-order valence-electron chi connectivity index (χ4n) is 1.89. The van der Waals surface area contributed by atoms with Crippen LogP contribution in [0.15, 0.2) is 12.3 Å². The Balaban J connectivity index is 3.22. The molecule has 0 aliphatic rings. The maximum Gasteiger partial charge on any atom is 0.151 e. The number of nitrogens with two attached hydrogens (primary N) is 2. The van der Waals surface area contributed by atoms with Crippen LogP contribution in [-0.2, 0) is 5.67 Å². The van der Waals surface area contributed by atoms with Crippen molar-refractivity contribution in [2.75, 3.05) is 12.3 Å². The summed E-state index contributed by atoms with van der Waals surface area (Å²) in [5.41, 5.74) is 10.9. The molecular weight excluding hydrogens is 193 g/mol. The minimum atomic E-state index is -1.54. The Morgan fingerprint density at radius 3 is 2.67 bits per heavy atom. The van der Waals surface area contributed by atoms with Gasteiger partial charge in [0.2, 0.25) is 0 Å². The number of nitrogen functional groups attached to an aromatic ring is 1. The van der Waals surface area contributed by atoms with Gasteiger partial charge in [-0.2, -0.15) is 0 Å². The molecule has 1 unspecified atom stereocenters. The maximum atomic E-state index is 14.5. The van der Waals surface area contributed by atoms with Gasteiger partial charge in [0, 0.05) is 18.3 Å². The minimum Gasteiger partial charge on any atom is -0.383 e. The molecule has 0 spiro atoms. The van der Waals surface area contributed by atoms with E-state index in [9.17, 15) is 4.39 Å². The minimum absolute atomic E-state index is 0.0580. The van der Waals surface area contributed by atoms with Gasteiger partial charge in [-0.25, -0.2) is 9.37 Å². The maximum absolute atomic E-state index is 14.5. The highest BCUT2D eigenvalue weighted by molar-refractivity contribution is 5.48. The summed E-state index contributed by atoms with van der Waals surface area (Å²) < 4.78 is 14.5. The van der Waals surface area contributed by atoms with Gasteiger partial charge < -0.3 is 11.5 Å². The van der Waals surface area contributed by atoms with E-state index in [2.05, 4.69) is 4.98 Å². The van der Waals surface area contributed by atoms with Crippen LogP contribution in [0.1, 0.15) is 30.9 Å². The summed E-state index contributed by atoms with van der Waals surface area (Å²) in [5, 5.41) is 0. The number of pyridine rings is 1. The van der Waals surface area contributed by atoms with Crippen molar-refractivity contribution >= 4 is 5.82 Å². The zero-order valence-electron chi connectivity index (χ0n) is 9.26. The van der Waals surface area contributed by atoms with Gasteiger partial charge in [0.15, 0.2) is 5.67 Å². The molecule has 15 heavy (non-hydrogen) atoms. The van der Waals surface area contributed by atoms with Crippen LogP contribution in [0.4, 0.5) is 10.2 Å². The molecule has 0 fully saturated rings. The van der Waals surface area contributed by atoms with Crippen LogP contribution in [-0.4, -0.2) is 11.5 Å². The first-order chi connectivity index (χ1) is 7.05. The molecule has 1 aromatic rings. The van der Waals surface area contributed by atoms with E-state index in [1.54, 1.807) is 12.3 Å². The molecule has 0 bridgehead atoms. The number of nitrogens with zero attached hydrogens (tertiary/aromatic N) is 1. The number of hydrogen-bond acceptors (Lipinski definition) is 3. The van der Waals surface area contributed by atoms with E-state index in [0.717, 1.165) is 12.0 Å². The van der Waals surface area contributed by atoms with Gasteiger partial charge in [-0.3, -0.25) is 0 Å². The van der Waals surface area contributed by atoms with Gasteiger partial charge in [0.05, 0.1) is 0 Å². The summed E-state index contributed by atoms with van der Waals surface area (Å²) in [4.78, 5) is 3.92. The van der Waals surface area contributed by atoms with Gasteiger partial charge in [-0.15, -0.1) is 0 Å². The summed E-state index contributed by atoms with van der Waals surface area (Å²) in [6, 6.07) is 1.76. The number of anilines is 1. The molecule has 1 atom stereocenters. The fourth-order valence-corrected chi connectivity index (χ4v) is 1.89. The summed E-state index contributed by atoms with van der Waals surface area (Å²) in [6.45, 7) is 3.69. The van der Waals surface area contributed by atoms with Crippen molar-refractivity contribution in [3.63, 3.8) is 0 Å². The van der Waals surface area contributed by atoms with Crippen LogP contribution in [0.3, 0.4) is 0 Å². The van der Waals surface area contributed by atoms with Gasteiger partial charge in [-0.1, -0.05) is 13.3 Å². The Morgan fingerprint density at radius 2 is 2.20 bits per heavy atom. The zero-order valence-corrected chi connectivity index (χ0v) is 9.26. The summed E-state index contributed by atoms with van der Waals surface area (Å²) >= 11 is 0. The zero-order chi connectivity index (χ0) is 11.5. The van der Waals surface area contributed by atoms with Crippen molar-refractivity contribution in [1.29, 1.82) is 0 Å². The number of alkyl halides is 1. The monoisotopic (exact) mass is 211 g/mol. The SMILES string of the molecule is CCCC(F)(CN)c1c(C)ccnc1N. The van der Waals surface area contributed by atoms with E-state index in [-0.39, 0.29) is 12.4 Å². The highest BCUT2D eigenvalue weighted by Gasteiger charge is 2.33. The summed E-state index contributed by atoms with van der Waals surface area (Å²) in [7, 11) is 0. The summed E-state index contributed by atoms with van der Waals surface area (Å²) in [5.74, 6) is 0.247. The van der Waals surface area contributed by atoms with E-state index in [1.807, 2.05) is 13.8 Å². The van der Waals surface area contributed by atoms with Crippen LogP contribution in [0.2, 0.25) is 0 Å². The smallest absolute Gasteiger partial charge is 0.151 e. The van der Waals surface area contributed by atoms with E-state index >= 15 is 0 Å². The molecular formula is C11H18FN3. The number of halogens is 1. The van der Waals surface area contributed by atoms with Crippen LogP contribution in [0, 0.1) is 6.92 Å². The third kappa shape index (κ3) is 2.26. The molecule has 1 aromatic heterocycles. The Morgan fingerprint density at radius 1 is 1.53 bits per heavy atom. The van der Waals surface area contributed by atoms with Gasteiger partial charge in [0.1, 0.15) is 5.82 Å². The summed E-state index contributed by atoms with van der Waals surface area (Å²) in [6.07, 6.45) is 2.68. The molecule has 0 amide bonds. The van der Waals surface area contributed by atoms with E-state index in [0.29, 0.717) is 12.0 Å². The average molecular weight is 211 g/mol. The topological polar surface area (TPSA) is 64.9 Å². The predicted molar refractivity (Wildman–Crippen MR) is 60.1 cm³/mol. The van der Waals surface area contributed by atoms with Gasteiger partial charge in [-0.05, 0) is 25.0 Å². The lowest BCUT2D eigenvalue weighted by atomic mass is 9.88. The Kier molecular flexibility index (Phi) is 3.63. The van der Waals surface area contributed by atoms with Crippen molar-refractivity contribution in [2.45, 2.75) is 32.4 Å². The molecule has 84 valence electrons. The first-order valence-electron chi connectivity index (χ1n) is 5.15. The van der Waals surface area contributed by atoms with E-state index in [1.165, 1.54) is 0 Å². The highest BCUT2D eigenvalue weighted by Crippen LogP contribution is 2.35. The molecule has 0 radical (unpaired) electrons. The number of aromatic nitrogens is 1. The molecule has 3 nitrogen and oxygen atoms in total. The molecule has 0 aliphatic carbocycles. The van der Waals surface area contributed by atoms with Gasteiger partial charge >= 0.3 is 0 Å². The largest absolute Gasteiger partial charge is 0.383 e. The lowest BCUT2D eigenvalue weighted by Crippen LogP contribution is -2.32. The third-order valence-electron chi connectivity index (χ3n) is 2.61. The molecule has 0 saturated heterocycles.